The summed E-state index contributed by atoms with van der Waals surface area (Å²) in [5.41, 5.74) is 1.20. The number of hydrogen-bond donors (Lipinski definition) is 0. The minimum absolute atomic E-state index is 0.216. The monoisotopic (exact) mass is 201 g/mol. The van der Waals surface area contributed by atoms with Gasteiger partial charge in [0.05, 0.1) is 5.92 Å². The zero-order valence-electron chi connectivity index (χ0n) is 8.42. The SMILES string of the molecule is Cn1cnnc1C1COc2ccccc21. The molecule has 1 aliphatic rings. The predicted octanol–water partition coefficient (Wildman–Crippen LogP) is 1.34. The van der Waals surface area contributed by atoms with Gasteiger partial charge in [-0.2, -0.15) is 0 Å². The van der Waals surface area contributed by atoms with E-state index in [2.05, 4.69) is 16.3 Å². The van der Waals surface area contributed by atoms with Gasteiger partial charge in [0.2, 0.25) is 0 Å². The van der Waals surface area contributed by atoms with E-state index < -0.39 is 0 Å². The second-order valence-corrected chi connectivity index (χ2v) is 3.70. The van der Waals surface area contributed by atoms with Crippen LogP contribution >= 0.6 is 0 Å². The van der Waals surface area contributed by atoms with Crippen LogP contribution < -0.4 is 4.74 Å². The molecule has 0 spiro atoms. The molecule has 0 fully saturated rings. The van der Waals surface area contributed by atoms with Gasteiger partial charge in [0, 0.05) is 12.6 Å². The number of benzene rings is 1. The molecule has 3 rings (SSSR count). The molecule has 1 aliphatic heterocycles. The molecule has 2 aromatic rings. The van der Waals surface area contributed by atoms with E-state index in [0.29, 0.717) is 6.61 Å². The lowest BCUT2D eigenvalue weighted by molar-refractivity contribution is 0.338. The van der Waals surface area contributed by atoms with E-state index >= 15 is 0 Å². The number of aromatic nitrogens is 3. The Labute approximate surface area is 87.5 Å². The summed E-state index contributed by atoms with van der Waals surface area (Å²) in [6, 6.07) is 8.09. The van der Waals surface area contributed by atoms with E-state index in [0.717, 1.165) is 11.6 Å². The molecule has 76 valence electrons. The zero-order chi connectivity index (χ0) is 10.3. The first-order valence-corrected chi connectivity index (χ1v) is 4.92. The number of aryl methyl sites for hydroxylation is 1. The standard InChI is InChI=1S/C11H11N3O/c1-14-7-12-13-11(14)9-6-15-10-5-3-2-4-8(9)10/h2-5,7,9H,6H2,1H3. The average Bonchev–Trinajstić information content (AvgIpc) is 2.83. The molecule has 0 radical (unpaired) electrons. The Morgan fingerprint density at radius 1 is 1.40 bits per heavy atom. The van der Waals surface area contributed by atoms with E-state index in [-0.39, 0.29) is 5.92 Å². The number of hydrogen-bond acceptors (Lipinski definition) is 3. The molecule has 0 saturated carbocycles. The highest BCUT2D eigenvalue weighted by Gasteiger charge is 2.28. The van der Waals surface area contributed by atoms with Crippen molar-refractivity contribution in [1.82, 2.24) is 14.8 Å². The maximum absolute atomic E-state index is 5.61. The fourth-order valence-corrected chi connectivity index (χ4v) is 1.98. The lowest BCUT2D eigenvalue weighted by atomic mass is 10.0. The molecular formula is C11H11N3O. The molecule has 0 aliphatic carbocycles. The molecule has 0 amide bonds. The molecule has 4 heteroatoms. The topological polar surface area (TPSA) is 39.9 Å². The molecule has 0 saturated heterocycles. The summed E-state index contributed by atoms with van der Waals surface area (Å²) in [6.45, 7) is 0.659. The van der Waals surface area contributed by atoms with Gasteiger partial charge in [-0.15, -0.1) is 10.2 Å². The van der Waals surface area contributed by atoms with Crippen LogP contribution in [0.5, 0.6) is 5.75 Å². The molecule has 1 atom stereocenters. The summed E-state index contributed by atoms with van der Waals surface area (Å²) in [7, 11) is 1.95. The quantitative estimate of drug-likeness (QED) is 0.699. The Morgan fingerprint density at radius 2 is 2.27 bits per heavy atom. The Hall–Kier alpha value is -1.84. The van der Waals surface area contributed by atoms with Crippen LogP contribution in [0.25, 0.3) is 0 Å². The van der Waals surface area contributed by atoms with Crippen LogP contribution in [0.15, 0.2) is 30.6 Å². The maximum atomic E-state index is 5.61. The largest absolute Gasteiger partial charge is 0.492 e. The molecule has 2 heterocycles. The highest BCUT2D eigenvalue weighted by Crippen LogP contribution is 2.36. The van der Waals surface area contributed by atoms with Crippen LogP contribution in [-0.2, 0) is 7.05 Å². The number of fused-ring (bicyclic) bond motifs is 1. The van der Waals surface area contributed by atoms with Gasteiger partial charge < -0.3 is 9.30 Å². The smallest absolute Gasteiger partial charge is 0.143 e. The Bertz CT molecular complexity index is 492. The first-order chi connectivity index (χ1) is 7.36. The van der Waals surface area contributed by atoms with Crippen LogP contribution in [0, 0.1) is 0 Å². The number of ether oxygens (including phenoxy) is 1. The minimum atomic E-state index is 0.216. The van der Waals surface area contributed by atoms with E-state index in [9.17, 15) is 0 Å². The summed E-state index contributed by atoms with van der Waals surface area (Å²) in [4.78, 5) is 0. The summed E-state index contributed by atoms with van der Waals surface area (Å²) >= 11 is 0. The molecule has 15 heavy (non-hydrogen) atoms. The molecule has 4 nitrogen and oxygen atoms in total. The van der Waals surface area contributed by atoms with Crippen LogP contribution in [0.2, 0.25) is 0 Å². The van der Waals surface area contributed by atoms with Crippen molar-refractivity contribution in [3.63, 3.8) is 0 Å². The predicted molar refractivity (Wildman–Crippen MR) is 54.8 cm³/mol. The highest BCUT2D eigenvalue weighted by atomic mass is 16.5. The summed E-state index contributed by atoms with van der Waals surface area (Å²) in [6.07, 6.45) is 1.72. The van der Waals surface area contributed by atoms with Crippen molar-refractivity contribution in [3.8, 4) is 5.75 Å². The summed E-state index contributed by atoms with van der Waals surface area (Å²) in [5.74, 6) is 2.14. The zero-order valence-corrected chi connectivity index (χ0v) is 8.42. The minimum Gasteiger partial charge on any atom is -0.492 e. The number of para-hydroxylation sites is 1. The summed E-state index contributed by atoms with van der Waals surface area (Å²) < 4.78 is 7.55. The third kappa shape index (κ3) is 1.21. The number of rotatable bonds is 1. The first-order valence-electron chi connectivity index (χ1n) is 4.92. The first kappa shape index (κ1) is 8.47. The fraction of sp³-hybridized carbons (Fsp3) is 0.273. The van der Waals surface area contributed by atoms with Gasteiger partial charge in [0.25, 0.3) is 0 Å². The lowest BCUT2D eigenvalue weighted by Gasteiger charge is -2.06. The van der Waals surface area contributed by atoms with Crippen LogP contribution in [0.3, 0.4) is 0 Å². The van der Waals surface area contributed by atoms with Gasteiger partial charge >= 0.3 is 0 Å². The van der Waals surface area contributed by atoms with Crippen molar-refractivity contribution in [2.75, 3.05) is 6.61 Å². The van der Waals surface area contributed by atoms with Crippen LogP contribution in [-0.4, -0.2) is 21.4 Å². The van der Waals surface area contributed by atoms with Crippen molar-refractivity contribution in [1.29, 1.82) is 0 Å². The Kier molecular flexibility index (Phi) is 1.74. The fourth-order valence-electron chi connectivity index (χ4n) is 1.98. The molecule has 1 unspecified atom stereocenters. The molecule has 1 aromatic heterocycles. The third-order valence-electron chi connectivity index (χ3n) is 2.76. The van der Waals surface area contributed by atoms with Crippen LogP contribution in [0.4, 0.5) is 0 Å². The average molecular weight is 201 g/mol. The molecule has 0 N–H and O–H groups in total. The second-order valence-electron chi connectivity index (χ2n) is 3.70. The van der Waals surface area contributed by atoms with Crippen molar-refractivity contribution >= 4 is 0 Å². The van der Waals surface area contributed by atoms with E-state index in [1.54, 1.807) is 6.33 Å². The van der Waals surface area contributed by atoms with Crippen molar-refractivity contribution in [3.05, 3.63) is 42.0 Å². The van der Waals surface area contributed by atoms with Gasteiger partial charge in [-0.1, -0.05) is 18.2 Å². The van der Waals surface area contributed by atoms with Crippen molar-refractivity contribution < 1.29 is 4.74 Å². The molecular weight excluding hydrogens is 190 g/mol. The molecule has 1 aromatic carbocycles. The van der Waals surface area contributed by atoms with Crippen molar-refractivity contribution in [2.45, 2.75) is 5.92 Å². The van der Waals surface area contributed by atoms with Gasteiger partial charge in [-0.25, -0.2) is 0 Å². The van der Waals surface area contributed by atoms with Gasteiger partial charge in [-0.05, 0) is 6.07 Å². The normalized spacial score (nSPS) is 18.6. The van der Waals surface area contributed by atoms with Gasteiger partial charge in [-0.3, -0.25) is 0 Å². The highest BCUT2D eigenvalue weighted by molar-refractivity contribution is 5.42. The van der Waals surface area contributed by atoms with E-state index in [1.807, 2.05) is 29.8 Å². The van der Waals surface area contributed by atoms with E-state index in [1.165, 1.54) is 5.56 Å². The Balaban J connectivity index is 2.08. The Morgan fingerprint density at radius 3 is 3.07 bits per heavy atom. The van der Waals surface area contributed by atoms with Gasteiger partial charge in [0.15, 0.2) is 0 Å². The maximum Gasteiger partial charge on any atom is 0.143 e. The molecule has 0 bridgehead atoms. The van der Waals surface area contributed by atoms with E-state index in [4.69, 9.17) is 4.74 Å². The lowest BCUT2D eigenvalue weighted by Crippen LogP contribution is -2.08. The van der Waals surface area contributed by atoms with Crippen molar-refractivity contribution in [2.24, 2.45) is 7.05 Å². The van der Waals surface area contributed by atoms with Crippen LogP contribution in [0.1, 0.15) is 17.3 Å². The second kappa shape index (κ2) is 3.08. The third-order valence-corrected chi connectivity index (χ3v) is 2.76. The summed E-state index contributed by atoms with van der Waals surface area (Å²) in [5, 5.41) is 8.03. The van der Waals surface area contributed by atoms with Gasteiger partial charge in [0.1, 0.15) is 24.5 Å². The number of nitrogens with zero attached hydrogens (tertiary/aromatic N) is 3.